The number of hydrogen-bond acceptors (Lipinski definition) is 4. The Hall–Kier alpha value is -1.35. The summed E-state index contributed by atoms with van der Waals surface area (Å²) < 4.78 is 25.3. The maximum Gasteiger partial charge on any atom is 0.222 e. The van der Waals surface area contributed by atoms with Gasteiger partial charge in [0.2, 0.25) is 15.9 Å². The zero-order valence-electron chi connectivity index (χ0n) is 16.2. The number of nitrogens with zero attached hydrogens (tertiary/aromatic N) is 2. The minimum Gasteiger partial charge on any atom is -0.357 e. The molecule has 0 aromatic carbocycles. The number of sulfonamides is 1. The average molecular weight is 390 g/mol. The molecule has 9 heteroatoms. The van der Waals surface area contributed by atoms with Gasteiger partial charge in [-0.3, -0.25) is 9.79 Å². The molecule has 3 N–H and O–H groups in total. The minimum absolute atomic E-state index is 0.101. The first-order valence-corrected chi connectivity index (χ1v) is 11.4. The molecule has 0 aliphatic carbocycles. The van der Waals surface area contributed by atoms with Crippen molar-refractivity contribution in [3.8, 4) is 0 Å². The lowest BCUT2D eigenvalue weighted by Gasteiger charge is -2.20. The molecule has 8 nitrogen and oxygen atoms in total. The van der Waals surface area contributed by atoms with Gasteiger partial charge in [-0.05, 0) is 39.5 Å². The van der Waals surface area contributed by atoms with E-state index in [2.05, 4.69) is 20.3 Å². The van der Waals surface area contributed by atoms with Crippen molar-refractivity contribution in [3.63, 3.8) is 0 Å². The molecule has 0 aromatic rings. The van der Waals surface area contributed by atoms with Crippen LogP contribution in [-0.2, 0) is 14.8 Å². The number of likely N-dealkylation sites (tertiary alicyclic amines) is 1. The standard InChI is InChI=1S/C17H35N5O3S/c1-3-18-17(19-11-8-13-21-26(24,25)4-2)20-12-9-15-22-14-7-5-6-10-16(22)23/h21H,3-15H2,1-2H3,(H2,18,19,20). The second-order valence-corrected chi connectivity index (χ2v) is 8.48. The number of carbonyl (C=O) groups excluding carboxylic acids is 1. The van der Waals surface area contributed by atoms with Crippen molar-refractivity contribution >= 4 is 21.9 Å². The lowest BCUT2D eigenvalue weighted by Crippen LogP contribution is -2.39. The van der Waals surface area contributed by atoms with Crippen molar-refractivity contribution in [1.82, 2.24) is 20.3 Å². The van der Waals surface area contributed by atoms with E-state index in [4.69, 9.17) is 0 Å². The number of nitrogens with one attached hydrogen (secondary N) is 3. The molecule has 0 unspecified atom stereocenters. The second kappa shape index (κ2) is 12.9. The summed E-state index contributed by atoms with van der Waals surface area (Å²) in [6, 6.07) is 0. The summed E-state index contributed by atoms with van der Waals surface area (Å²) in [6.45, 7) is 7.73. The summed E-state index contributed by atoms with van der Waals surface area (Å²) in [7, 11) is -3.12. The largest absolute Gasteiger partial charge is 0.357 e. The molecule has 0 spiro atoms. The third-order valence-electron chi connectivity index (χ3n) is 4.22. The predicted octanol–water partition coefficient (Wildman–Crippen LogP) is 0.664. The van der Waals surface area contributed by atoms with E-state index in [-0.39, 0.29) is 11.7 Å². The lowest BCUT2D eigenvalue weighted by atomic mass is 10.2. The smallest absolute Gasteiger partial charge is 0.222 e. The molecule has 152 valence electrons. The fourth-order valence-electron chi connectivity index (χ4n) is 2.69. The molecule has 0 aromatic heterocycles. The van der Waals surface area contributed by atoms with Gasteiger partial charge in [0.05, 0.1) is 5.75 Å². The lowest BCUT2D eigenvalue weighted by molar-refractivity contribution is -0.130. The number of carbonyl (C=O) groups is 1. The third-order valence-corrected chi connectivity index (χ3v) is 5.62. The molecule has 26 heavy (non-hydrogen) atoms. The van der Waals surface area contributed by atoms with E-state index >= 15 is 0 Å². The maximum absolute atomic E-state index is 12.0. The van der Waals surface area contributed by atoms with Gasteiger partial charge < -0.3 is 15.5 Å². The molecule has 1 amide bonds. The zero-order chi connectivity index (χ0) is 19.3. The van der Waals surface area contributed by atoms with Crippen LogP contribution < -0.4 is 15.4 Å². The summed E-state index contributed by atoms with van der Waals surface area (Å²) in [4.78, 5) is 18.4. The highest BCUT2D eigenvalue weighted by molar-refractivity contribution is 7.89. The molecule has 1 heterocycles. The summed E-state index contributed by atoms with van der Waals surface area (Å²) in [6.07, 6.45) is 5.46. The van der Waals surface area contributed by atoms with Crippen LogP contribution in [0.5, 0.6) is 0 Å². The first kappa shape index (κ1) is 22.7. The Morgan fingerprint density at radius 2 is 1.92 bits per heavy atom. The number of aliphatic imine (C=N–C) groups is 1. The maximum atomic E-state index is 12.0. The van der Waals surface area contributed by atoms with E-state index in [1.807, 2.05) is 11.8 Å². The van der Waals surface area contributed by atoms with Crippen molar-refractivity contribution in [2.75, 3.05) is 45.0 Å². The van der Waals surface area contributed by atoms with Crippen LogP contribution >= 0.6 is 0 Å². The van der Waals surface area contributed by atoms with Crippen LogP contribution in [-0.4, -0.2) is 70.2 Å². The van der Waals surface area contributed by atoms with Crippen molar-refractivity contribution in [1.29, 1.82) is 0 Å². The molecular weight excluding hydrogens is 354 g/mol. The van der Waals surface area contributed by atoms with Crippen LogP contribution in [0.4, 0.5) is 0 Å². The highest BCUT2D eigenvalue weighted by Crippen LogP contribution is 2.11. The summed E-state index contributed by atoms with van der Waals surface area (Å²) in [5, 5.41) is 6.38. The number of guanidine groups is 1. The van der Waals surface area contributed by atoms with Gasteiger partial charge in [-0.2, -0.15) is 0 Å². The van der Waals surface area contributed by atoms with E-state index in [1.165, 1.54) is 0 Å². The predicted molar refractivity (Wildman–Crippen MR) is 106 cm³/mol. The molecule has 0 radical (unpaired) electrons. The van der Waals surface area contributed by atoms with Gasteiger partial charge in [-0.15, -0.1) is 0 Å². The Bertz CT molecular complexity index is 537. The summed E-state index contributed by atoms with van der Waals surface area (Å²) in [5.74, 6) is 1.10. The normalized spacial score (nSPS) is 16.5. The monoisotopic (exact) mass is 389 g/mol. The van der Waals surface area contributed by atoms with Gasteiger partial charge in [0, 0.05) is 45.7 Å². The topological polar surface area (TPSA) is 103 Å². The van der Waals surface area contributed by atoms with Crippen LogP contribution in [0, 0.1) is 0 Å². The quantitative estimate of drug-likeness (QED) is 0.274. The Morgan fingerprint density at radius 1 is 1.12 bits per heavy atom. The van der Waals surface area contributed by atoms with E-state index in [0.29, 0.717) is 32.5 Å². The van der Waals surface area contributed by atoms with E-state index in [1.54, 1.807) is 6.92 Å². The fraction of sp³-hybridized carbons (Fsp3) is 0.882. The van der Waals surface area contributed by atoms with Crippen molar-refractivity contribution < 1.29 is 13.2 Å². The van der Waals surface area contributed by atoms with Crippen molar-refractivity contribution in [2.45, 2.75) is 52.4 Å². The van der Waals surface area contributed by atoms with Gasteiger partial charge in [-0.1, -0.05) is 6.42 Å². The highest BCUT2D eigenvalue weighted by atomic mass is 32.2. The van der Waals surface area contributed by atoms with Gasteiger partial charge in [-0.25, -0.2) is 13.1 Å². The fourth-order valence-corrected chi connectivity index (χ4v) is 3.35. The second-order valence-electron chi connectivity index (χ2n) is 6.38. The van der Waals surface area contributed by atoms with Crippen LogP contribution in [0.15, 0.2) is 4.99 Å². The van der Waals surface area contributed by atoms with Gasteiger partial charge >= 0.3 is 0 Å². The molecule has 1 fully saturated rings. The van der Waals surface area contributed by atoms with Crippen LogP contribution in [0.25, 0.3) is 0 Å². The summed E-state index contributed by atoms with van der Waals surface area (Å²) >= 11 is 0. The molecule has 1 aliphatic heterocycles. The first-order chi connectivity index (χ1) is 12.5. The summed E-state index contributed by atoms with van der Waals surface area (Å²) in [5.41, 5.74) is 0. The number of amides is 1. The minimum atomic E-state index is -3.12. The zero-order valence-corrected chi connectivity index (χ0v) is 17.0. The SMILES string of the molecule is CCNC(=NCCCN1CCCCCC1=O)NCCCNS(=O)(=O)CC. The van der Waals surface area contributed by atoms with Gasteiger partial charge in [0.1, 0.15) is 0 Å². The van der Waals surface area contributed by atoms with Crippen molar-refractivity contribution in [2.24, 2.45) is 4.99 Å². The Kier molecular flexibility index (Phi) is 11.3. The van der Waals surface area contributed by atoms with Crippen LogP contribution in [0.1, 0.15) is 52.4 Å². The molecule has 0 bridgehead atoms. The molecule has 1 aliphatic rings. The first-order valence-electron chi connectivity index (χ1n) is 9.75. The van der Waals surface area contributed by atoms with Crippen molar-refractivity contribution in [3.05, 3.63) is 0 Å². The number of rotatable bonds is 11. The average Bonchev–Trinajstić information content (AvgIpc) is 2.82. The molecule has 0 saturated carbocycles. The van der Waals surface area contributed by atoms with Gasteiger partial charge in [0.15, 0.2) is 5.96 Å². The molecular formula is C17H35N5O3S. The molecule has 1 saturated heterocycles. The Balaban J connectivity index is 2.26. The molecule has 1 rings (SSSR count). The van der Waals surface area contributed by atoms with Crippen LogP contribution in [0.2, 0.25) is 0 Å². The third kappa shape index (κ3) is 9.96. The van der Waals surface area contributed by atoms with E-state index in [0.717, 1.165) is 51.3 Å². The van der Waals surface area contributed by atoms with E-state index < -0.39 is 10.0 Å². The number of hydrogen-bond donors (Lipinski definition) is 3. The Labute approximate surface area is 158 Å². The van der Waals surface area contributed by atoms with Crippen LogP contribution in [0.3, 0.4) is 0 Å². The Morgan fingerprint density at radius 3 is 2.65 bits per heavy atom. The van der Waals surface area contributed by atoms with Gasteiger partial charge in [0.25, 0.3) is 0 Å². The highest BCUT2D eigenvalue weighted by Gasteiger charge is 2.15. The molecule has 0 atom stereocenters. The van der Waals surface area contributed by atoms with E-state index in [9.17, 15) is 13.2 Å².